The average Bonchev–Trinajstić information content (AvgIpc) is 3.23. The lowest BCUT2D eigenvalue weighted by Crippen LogP contribution is -2.63. The van der Waals surface area contributed by atoms with E-state index in [1.54, 1.807) is 41.1 Å². The number of hydrogen-bond acceptors (Lipinski definition) is 17. The SMILES string of the molecule is CCC1OC(=O)[C@H](C)C(O[C@H]2C[C@@](C)(OC)[C@@H](O[Si](C)(C)C)[C@H](C)O2)[C@H](C)[C@@H](O[C@@H]2O[C@H](C)C[C@H](N(C)C)[C@H]2O[Si](C)(C)C)[C@](C)(OC)C[C@@H](C)/C(=N\Oc2ncccn2)[C@H](C)[C@@H](O)[C@]1(C)O. The van der Waals surface area contributed by atoms with E-state index in [0.29, 0.717) is 12.1 Å². The molecule has 2 N–H and O–H groups in total. The van der Waals surface area contributed by atoms with Gasteiger partial charge in [0, 0.05) is 56.8 Å². The van der Waals surface area contributed by atoms with Crippen LogP contribution in [0.1, 0.15) is 94.9 Å². The van der Waals surface area contributed by atoms with Gasteiger partial charge in [0.1, 0.15) is 17.8 Å². The Morgan fingerprint density at radius 2 is 1.42 bits per heavy atom. The van der Waals surface area contributed by atoms with Crippen LogP contribution in [0.25, 0.3) is 0 Å². The summed E-state index contributed by atoms with van der Waals surface area (Å²) in [5.74, 6) is -3.56. The maximum Gasteiger partial charge on any atom is 0.345 e. The van der Waals surface area contributed by atoms with Gasteiger partial charge in [0.25, 0.3) is 0 Å². The maximum absolute atomic E-state index is 14.8. The number of hydrogen-bond donors (Lipinski definition) is 2. The molecule has 0 aliphatic carbocycles. The van der Waals surface area contributed by atoms with Crippen molar-refractivity contribution >= 4 is 28.3 Å². The van der Waals surface area contributed by atoms with Crippen molar-refractivity contribution in [1.82, 2.24) is 14.9 Å². The lowest BCUT2D eigenvalue weighted by atomic mass is 9.73. The first kappa shape index (κ1) is 57.6. The van der Waals surface area contributed by atoms with Gasteiger partial charge < -0.3 is 62.0 Å². The van der Waals surface area contributed by atoms with Gasteiger partial charge in [-0.1, -0.05) is 32.9 Å². The van der Waals surface area contributed by atoms with Crippen molar-refractivity contribution in [1.29, 1.82) is 0 Å². The first-order valence-corrected chi connectivity index (χ1v) is 31.1. The van der Waals surface area contributed by atoms with E-state index in [2.05, 4.69) is 59.3 Å². The molecule has 3 fully saturated rings. The van der Waals surface area contributed by atoms with Gasteiger partial charge in [0.05, 0.1) is 59.5 Å². The average molecular weight is 985 g/mol. The van der Waals surface area contributed by atoms with Crippen molar-refractivity contribution in [2.45, 2.75) is 218 Å². The number of ether oxygens (including phenoxy) is 7. The van der Waals surface area contributed by atoms with E-state index in [9.17, 15) is 15.0 Å². The number of carbonyl (C=O) groups is 1. The summed E-state index contributed by atoms with van der Waals surface area (Å²) in [6.07, 6.45) is -3.09. The highest BCUT2D eigenvalue weighted by Crippen LogP contribution is 2.43. The molecule has 0 spiro atoms. The number of aromatic nitrogens is 2. The van der Waals surface area contributed by atoms with E-state index in [0.717, 1.165) is 6.42 Å². The Balaban J connectivity index is 1.97. The second kappa shape index (κ2) is 23.0. The van der Waals surface area contributed by atoms with Crippen molar-refractivity contribution in [3.05, 3.63) is 18.5 Å². The minimum Gasteiger partial charge on any atom is -0.459 e. The third-order valence-electron chi connectivity index (χ3n) is 14.0. The molecular weight excluding hydrogens is 897 g/mol. The Labute approximate surface area is 403 Å². The number of methoxy groups -OCH3 is 2. The highest BCUT2D eigenvalue weighted by Gasteiger charge is 2.55. The van der Waals surface area contributed by atoms with Crippen LogP contribution in [-0.4, -0.2) is 166 Å². The Hall–Kier alpha value is -1.99. The van der Waals surface area contributed by atoms with Gasteiger partial charge in [-0.05, 0) is 120 Å². The minimum absolute atomic E-state index is 0.00312. The van der Waals surface area contributed by atoms with Crippen LogP contribution in [-0.2, 0) is 46.8 Å². The first-order chi connectivity index (χ1) is 30.9. The van der Waals surface area contributed by atoms with Crippen molar-refractivity contribution < 1.29 is 61.9 Å². The van der Waals surface area contributed by atoms with Crippen molar-refractivity contribution in [2.75, 3.05) is 28.3 Å². The molecule has 3 aliphatic heterocycles. The Kier molecular flexibility index (Phi) is 19.8. The summed E-state index contributed by atoms with van der Waals surface area (Å²) >= 11 is 0. The number of oxime groups is 1. The number of likely N-dealkylation sites (N-methyl/N-ethyl adjacent to an activating group) is 1. The molecule has 1 aromatic heterocycles. The van der Waals surface area contributed by atoms with Gasteiger partial charge in [-0.3, -0.25) is 4.79 Å². The number of nitrogens with zero attached hydrogens (tertiary/aromatic N) is 4. The molecular formula is C48H88N4O13Si2. The molecule has 0 radical (unpaired) electrons. The molecule has 17 nitrogen and oxygen atoms in total. The molecule has 2 unspecified atom stereocenters. The monoisotopic (exact) mass is 985 g/mol. The molecule has 3 saturated heterocycles. The summed E-state index contributed by atoms with van der Waals surface area (Å²) in [6, 6.07) is 1.62. The van der Waals surface area contributed by atoms with Gasteiger partial charge in [0.15, 0.2) is 29.2 Å². The van der Waals surface area contributed by atoms with Crippen LogP contribution in [0.15, 0.2) is 23.6 Å². The highest BCUT2D eigenvalue weighted by molar-refractivity contribution is 6.70. The van der Waals surface area contributed by atoms with Crippen LogP contribution in [0.5, 0.6) is 6.01 Å². The van der Waals surface area contributed by atoms with E-state index in [1.165, 1.54) is 19.3 Å². The van der Waals surface area contributed by atoms with E-state index < -0.39 is 112 Å². The van der Waals surface area contributed by atoms with E-state index in [1.807, 2.05) is 55.6 Å². The van der Waals surface area contributed by atoms with Crippen LogP contribution < -0.4 is 4.84 Å². The molecule has 4 heterocycles. The Bertz CT molecular complexity index is 1750. The molecule has 0 aromatic carbocycles. The predicted molar refractivity (Wildman–Crippen MR) is 261 cm³/mol. The van der Waals surface area contributed by atoms with Gasteiger partial charge in [-0.15, -0.1) is 0 Å². The topological polar surface area (TPSA) is 191 Å². The summed E-state index contributed by atoms with van der Waals surface area (Å²) in [4.78, 5) is 31.2. The zero-order valence-corrected chi connectivity index (χ0v) is 46.4. The molecule has 0 saturated carbocycles. The zero-order valence-electron chi connectivity index (χ0n) is 44.4. The second-order valence-electron chi connectivity index (χ2n) is 22.3. The van der Waals surface area contributed by atoms with E-state index in [-0.39, 0.29) is 37.1 Å². The lowest BCUT2D eigenvalue weighted by Gasteiger charge is -2.51. The van der Waals surface area contributed by atoms with Crippen LogP contribution in [0.2, 0.25) is 39.3 Å². The third kappa shape index (κ3) is 14.3. The number of rotatable bonds is 14. The summed E-state index contributed by atoms with van der Waals surface area (Å²) in [7, 11) is 3.12. The zero-order chi connectivity index (χ0) is 50.6. The fourth-order valence-corrected chi connectivity index (χ4v) is 12.6. The van der Waals surface area contributed by atoms with E-state index in [4.69, 9.17) is 46.8 Å². The summed E-state index contributed by atoms with van der Waals surface area (Å²) in [5, 5.41) is 29.0. The lowest BCUT2D eigenvalue weighted by molar-refractivity contribution is -0.316. The molecule has 18 atom stereocenters. The third-order valence-corrected chi connectivity index (χ3v) is 15.9. The maximum atomic E-state index is 14.8. The quantitative estimate of drug-likeness (QED) is 0.112. The molecule has 1 aromatic rings. The molecule has 3 aliphatic rings. The number of aliphatic hydroxyl groups is 2. The van der Waals surface area contributed by atoms with Gasteiger partial charge >= 0.3 is 12.0 Å². The summed E-state index contributed by atoms with van der Waals surface area (Å²) < 4.78 is 60.9. The number of esters is 1. The summed E-state index contributed by atoms with van der Waals surface area (Å²) in [5.41, 5.74) is -3.54. The molecule has 19 heteroatoms. The van der Waals surface area contributed by atoms with Crippen LogP contribution in [0.4, 0.5) is 0 Å². The van der Waals surface area contributed by atoms with Crippen molar-refractivity contribution in [2.24, 2.45) is 28.8 Å². The fraction of sp³-hybridized carbons (Fsp3) is 0.875. The minimum atomic E-state index is -2.20. The number of carbonyl (C=O) groups excluding carboxylic acids is 1. The van der Waals surface area contributed by atoms with Crippen LogP contribution >= 0.6 is 0 Å². The normalized spacial score (nSPS) is 41.7. The largest absolute Gasteiger partial charge is 0.459 e. The molecule has 4 rings (SSSR count). The molecule has 386 valence electrons. The summed E-state index contributed by atoms with van der Waals surface area (Å²) in [6.45, 7) is 31.5. The Morgan fingerprint density at radius 1 is 0.836 bits per heavy atom. The van der Waals surface area contributed by atoms with Gasteiger partial charge in [0.2, 0.25) is 0 Å². The fourth-order valence-electron chi connectivity index (χ4n) is 10.3. The van der Waals surface area contributed by atoms with Crippen LogP contribution in [0.3, 0.4) is 0 Å². The molecule has 0 amide bonds. The molecule has 0 bridgehead atoms. The van der Waals surface area contributed by atoms with Crippen LogP contribution in [0, 0.1) is 23.7 Å². The van der Waals surface area contributed by atoms with E-state index >= 15 is 0 Å². The number of aliphatic hydroxyl groups excluding tert-OH is 1. The van der Waals surface area contributed by atoms with Gasteiger partial charge in [-0.25, -0.2) is 9.97 Å². The van der Waals surface area contributed by atoms with Crippen molar-refractivity contribution in [3.8, 4) is 6.01 Å². The highest BCUT2D eigenvalue weighted by atomic mass is 28.4. The number of cyclic esters (lactones) is 1. The predicted octanol–water partition coefficient (Wildman–Crippen LogP) is 6.81. The first-order valence-electron chi connectivity index (χ1n) is 24.3. The van der Waals surface area contributed by atoms with Gasteiger partial charge in [-0.2, -0.15) is 0 Å². The smallest absolute Gasteiger partial charge is 0.345 e. The van der Waals surface area contributed by atoms with Crippen molar-refractivity contribution in [3.63, 3.8) is 0 Å². The second-order valence-corrected chi connectivity index (χ2v) is 31.2. The standard InChI is InChI=1S/C48H88N4O13Si2/c1-21-35-48(10,55)40(53)30(4)37(51-63-45-49-23-22-24-50-45)28(2)26-46(8,56-13)41(62-44-39(64-66(15,16)17)34(52(11)12)25-29(3)58-44)31(5)38(32(6)43(54)60-35)61-36-27-47(9,57-14)42(33(7)59-36)65-67(18,19)20/h22-24,28-36,38-42,44,53,55H,21,25-27H2,1-20H3/b51-37+/t28-,29-,30+,31+,32-,33+,34+,35?,36+,38?,39-,40-,41-,42+,44+,46-,47-,48-/m1/s1. The Morgan fingerprint density at radius 3 is 1.96 bits per heavy atom. The molecule has 67 heavy (non-hydrogen) atoms.